The Morgan fingerprint density at radius 2 is 2.00 bits per heavy atom. The van der Waals surface area contributed by atoms with E-state index in [1.54, 1.807) is 16.9 Å². The van der Waals surface area contributed by atoms with E-state index in [1.165, 1.54) is 6.08 Å². The number of rotatable bonds is 3. The summed E-state index contributed by atoms with van der Waals surface area (Å²) in [6.45, 7) is 3.70. The summed E-state index contributed by atoms with van der Waals surface area (Å²) in [5, 5.41) is 14.8. The van der Waals surface area contributed by atoms with Crippen LogP contribution in [0.5, 0.6) is 0 Å². The Kier molecular flexibility index (Phi) is 2.62. The molecule has 1 unspecified atom stereocenters. The molecule has 0 aliphatic heterocycles. The quantitative estimate of drug-likeness (QED) is 0.792. The average molecular weight is 214 g/mol. The second kappa shape index (κ2) is 3.94. The number of hydrogen-bond acceptors (Lipinski definition) is 2. The van der Waals surface area contributed by atoms with Gasteiger partial charge in [0.25, 0.3) is 0 Å². The molecule has 0 aliphatic carbocycles. The highest BCUT2D eigenvalue weighted by atomic mass is 16.3. The minimum atomic E-state index is -1.22. The molecule has 1 atom stereocenters. The Bertz CT molecular complexity index is 490. The maximum Gasteiger partial charge on any atom is 0.152 e. The van der Waals surface area contributed by atoms with Crippen molar-refractivity contribution in [1.29, 1.82) is 0 Å². The monoisotopic (exact) mass is 214 g/mol. The van der Waals surface area contributed by atoms with Gasteiger partial charge in [-0.1, -0.05) is 36.9 Å². The van der Waals surface area contributed by atoms with E-state index in [1.807, 2.05) is 37.4 Å². The van der Waals surface area contributed by atoms with E-state index in [0.29, 0.717) is 5.69 Å². The fourth-order valence-electron chi connectivity index (χ4n) is 1.68. The molecular formula is C13H14N2O. The van der Waals surface area contributed by atoms with Crippen LogP contribution in [0.1, 0.15) is 11.3 Å². The first-order chi connectivity index (χ1) is 7.66. The molecule has 82 valence electrons. The van der Waals surface area contributed by atoms with Gasteiger partial charge in [-0.2, -0.15) is 5.10 Å². The molecule has 0 amide bonds. The minimum absolute atomic E-state index is 0.580. The second-order valence-electron chi connectivity index (χ2n) is 3.71. The highest BCUT2D eigenvalue weighted by Crippen LogP contribution is 2.28. The average Bonchev–Trinajstić information content (AvgIpc) is 2.76. The van der Waals surface area contributed by atoms with Gasteiger partial charge in [-0.3, -0.25) is 4.68 Å². The van der Waals surface area contributed by atoms with Crippen molar-refractivity contribution < 1.29 is 5.11 Å². The van der Waals surface area contributed by atoms with Gasteiger partial charge < -0.3 is 5.11 Å². The van der Waals surface area contributed by atoms with Crippen molar-refractivity contribution in [2.24, 2.45) is 7.05 Å². The number of nitrogens with zero attached hydrogens (tertiary/aromatic N) is 2. The van der Waals surface area contributed by atoms with Gasteiger partial charge in [-0.25, -0.2) is 0 Å². The van der Waals surface area contributed by atoms with Gasteiger partial charge in [0.2, 0.25) is 0 Å². The number of aliphatic hydroxyl groups is 1. The first-order valence-electron chi connectivity index (χ1n) is 5.08. The Morgan fingerprint density at radius 1 is 1.31 bits per heavy atom. The number of benzene rings is 1. The van der Waals surface area contributed by atoms with Gasteiger partial charge in [0.15, 0.2) is 5.60 Å². The van der Waals surface area contributed by atoms with E-state index in [9.17, 15) is 5.11 Å². The Labute approximate surface area is 94.7 Å². The number of aryl methyl sites for hydroxylation is 1. The van der Waals surface area contributed by atoms with Gasteiger partial charge in [0.05, 0.1) is 0 Å². The SMILES string of the molecule is C=CC(O)(c1ccccc1)c1ccn(C)n1. The summed E-state index contributed by atoms with van der Waals surface area (Å²) >= 11 is 0. The van der Waals surface area contributed by atoms with Crippen LogP contribution in [0.3, 0.4) is 0 Å². The molecule has 16 heavy (non-hydrogen) atoms. The lowest BCUT2D eigenvalue weighted by molar-refractivity contribution is 0.129. The van der Waals surface area contributed by atoms with Gasteiger partial charge >= 0.3 is 0 Å². The first-order valence-corrected chi connectivity index (χ1v) is 5.08. The van der Waals surface area contributed by atoms with E-state index in [2.05, 4.69) is 11.7 Å². The lowest BCUT2D eigenvalue weighted by Gasteiger charge is -2.22. The molecular weight excluding hydrogens is 200 g/mol. The number of hydrogen-bond donors (Lipinski definition) is 1. The molecule has 1 heterocycles. The molecule has 3 heteroatoms. The Morgan fingerprint density at radius 3 is 2.50 bits per heavy atom. The molecule has 0 saturated heterocycles. The largest absolute Gasteiger partial charge is 0.375 e. The van der Waals surface area contributed by atoms with Crippen molar-refractivity contribution in [2.45, 2.75) is 5.60 Å². The molecule has 0 aliphatic rings. The fraction of sp³-hybridized carbons (Fsp3) is 0.154. The van der Waals surface area contributed by atoms with Gasteiger partial charge in [0.1, 0.15) is 5.69 Å². The van der Waals surface area contributed by atoms with Crippen LogP contribution in [-0.4, -0.2) is 14.9 Å². The summed E-state index contributed by atoms with van der Waals surface area (Å²) in [6, 6.07) is 11.2. The normalized spacial score (nSPS) is 14.4. The molecule has 2 rings (SSSR count). The third-order valence-electron chi connectivity index (χ3n) is 2.61. The Balaban J connectivity index is 2.52. The third-order valence-corrected chi connectivity index (χ3v) is 2.61. The summed E-state index contributed by atoms with van der Waals surface area (Å²) < 4.78 is 1.66. The predicted octanol–water partition coefficient (Wildman–Crippen LogP) is 1.84. The van der Waals surface area contributed by atoms with Crippen LogP contribution < -0.4 is 0 Å². The summed E-state index contributed by atoms with van der Waals surface area (Å²) in [6.07, 6.45) is 3.30. The lowest BCUT2D eigenvalue weighted by atomic mass is 9.91. The van der Waals surface area contributed by atoms with Crippen LogP contribution in [0, 0.1) is 0 Å². The zero-order chi connectivity index (χ0) is 11.6. The van der Waals surface area contributed by atoms with Crippen molar-refractivity contribution in [3.8, 4) is 0 Å². The molecule has 1 aromatic heterocycles. The van der Waals surface area contributed by atoms with E-state index >= 15 is 0 Å². The molecule has 0 radical (unpaired) electrons. The standard InChI is InChI=1S/C13H14N2O/c1-3-13(16,11-7-5-4-6-8-11)12-9-10-15(2)14-12/h3-10,16H,1H2,2H3. The summed E-state index contributed by atoms with van der Waals surface area (Å²) in [7, 11) is 1.82. The summed E-state index contributed by atoms with van der Waals surface area (Å²) in [5.41, 5.74) is 0.127. The van der Waals surface area contributed by atoms with Crippen LogP contribution in [0.25, 0.3) is 0 Å². The van der Waals surface area contributed by atoms with Gasteiger partial charge in [-0.05, 0) is 17.7 Å². The highest BCUT2D eigenvalue weighted by Gasteiger charge is 2.30. The zero-order valence-corrected chi connectivity index (χ0v) is 9.17. The lowest BCUT2D eigenvalue weighted by Crippen LogP contribution is -2.25. The first kappa shape index (κ1) is 10.6. The van der Waals surface area contributed by atoms with Crippen LogP contribution in [0.15, 0.2) is 55.3 Å². The van der Waals surface area contributed by atoms with Crippen molar-refractivity contribution in [3.63, 3.8) is 0 Å². The zero-order valence-electron chi connectivity index (χ0n) is 9.17. The van der Waals surface area contributed by atoms with Gasteiger partial charge in [-0.15, -0.1) is 0 Å². The fourth-order valence-corrected chi connectivity index (χ4v) is 1.68. The smallest absolute Gasteiger partial charge is 0.152 e. The summed E-state index contributed by atoms with van der Waals surface area (Å²) in [5.74, 6) is 0. The van der Waals surface area contributed by atoms with E-state index in [0.717, 1.165) is 5.56 Å². The van der Waals surface area contributed by atoms with Crippen LogP contribution in [0.2, 0.25) is 0 Å². The van der Waals surface area contributed by atoms with Crippen molar-refractivity contribution >= 4 is 0 Å². The Hall–Kier alpha value is -1.87. The van der Waals surface area contributed by atoms with E-state index in [-0.39, 0.29) is 0 Å². The molecule has 0 fully saturated rings. The van der Waals surface area contributed by atoms with Crippen molar-refractivity contribution in [3.05, 3.63) is 66.5 Å². The minimum Gasteiger partial charge on any atom is -0.375 e. The van der Waals surface area contributed by atoms with Crippen LogP contribution >= 0.6 is 0 Å². The maximum atomic E-state index is 10.6. The van der Waals surface area contributed by atoms with E-state index in [4.69, 9.17) is 0 Å². The topological polar surface area (TPSA) is 38.0 Å². The van der Waals surface area contributed by atoms with Crippen molar-refractivity contribution in [1.82, 2.24) is 9.78 Å². The van der Waals surface area contributed by atoms with Crippen LogP contribution in [-0.2, 0) is 12.6 Å². The molecule has 1 N–H and O–H groups in total. The van der Waals surface area contributed by atoms with E-state index < -0.39 is 5.60 Å². The molecule has 0 bridgehead atoms. The third kappa shape index (κ3) is 1.66. The van der Waals surface area contributed by atoms with Crippen LogP contribution in [0.4, 0.5) is 0 Å². The summed E-state index contributed by atoms with van der Waals surface area (Å²) in [4.78, 5) is 0. The van der Waals surface area contributed by atoms with Gasteiger partial charge in [0, 0.05) is 13.2 Å². The maximum absolute atomic E-state index is 10.6. The molecule has 2 aromatic rings. The molecule has 1 aromatic carbocycles. The second-order valence-corrected chi connectivity index (χ2v) is 3.71. The van der Waals surface area contributed by atoms with Crippen molar-refractivity contribution in [2.75, 3.05) is 0 Å². The molecule has 0 saturated carbocycles. The molecule has 3 nitrogen and oxygen atoms in total. The predicted molar refractivity (Wildman–Crippen MR) is 62.8 cm³/mol. The molecule has 0 spiro atoms. The number of aromatic nitrogens is 2. The highest BCUT2D eigenvalue weighted by molar-refractivity contribution is 5.36.